The highest BCUT2D eigenvalue weighted by molar-refractivity contribution is 7.85. The number of hydrogen-bond donors (Lipinski definition) is 1. The van der Waals surface area contributed by atoms with Crippen LogP contribution in [0.5, 0.6) is 11.5 Å². The maximum absolute atomic E-state index is 15.5. The molecule has 1 unspecified atom stereocenters. The number of ether oxygens (including phenoxy) is 2. The standard InChI is InChI=1S/C58H58NO5PS3/c1-3-5-7-12-39-63-45-27-23-43(24-28-45)59(44-25-29-46(30-26-44)64-40-13-8-6-4-2)42-21-19-41(20-22-42)51-32-33-52(66-51)53-34-35-54(67-53)55-36-37-56(68-55)58-49-18-14-17-48(49)50(31-38-57(60)61)65(58,62)47-15-10-9-11-16-47/h9-11,15-16,19-38H,3-8,12-14,17-18,39-40H2,1-2H3,(H,60,61)/b38-31+. The van der Waals surface area contributed by atoms with E-state index >= 15 is 4.57 Å². The van der Waals surface area contributed by atoms with Gasteiger partial charge in [-0.15, -0.1) is 34.0 Å². The molecular weight excluding hydrogens is 918 g/mol. The van der Waals surface area contributed by atoms with Crippen LogP contribution in [0.1, 0.15) is 89.4 Å². The second-order valence-electron chi connectivity index (χ2n) is 17.3. The van der Waals surface area contributed by atoms with Gasteiger partial charge in [-0.25, -0.2) is 4.79 Å². The molecule has 68 heavy (non-hydrogen) atoms. The second kappa shape index (κ2) is 22.2. The Morgan fingerprint density at radius 1 is 0.574 bits per heavy atom. The SMILES string of the molecule is CCCCCCOc1ccc(N(c2ccc(OCCCCCC)cc2)c2ccc(-c3ccc(-c4ccc(-c5ccc(C6=C7CCCC7=C(/C=C/C(=O)O)P6(=O)c6ccccc6)s5)s4)s3)cc2)cc1. The maximum Gasteiger partial charge on any atom is 0.328 e. The molecule has 7 aromatic rings. The van der Waals surface area contributed by atoms with Crippen molar-refractivity contribution in [3.8, 4) is 41.4 Å². The van der Waals surface area contributed by atoms with Crippen molar-refractivity contribution in [1.29, 1.82) is 0 Å². The Labute approximate surface area is 413 Å². The van der Waals surface area contributed by atoms with Gasteiger partial charge in [-0.1, -0.05) is 94.8 Å². The molecule has 10 heteroatoms. The third-order valence-corrected chi connectivity index (χ3v) is 19.8. The van der Waals surface area contributed by atoms with Crippen molar-refractivity contribution in [2.75, 3.05) is 18.1 Å². The molecule has 348 valence electrons. The summed E-state index contributed by atoms with van der Waals surface area (Å²) in [6.07, 6.45) is 14.8. The quantitative estimate of drug-likeness (QED) is 0.0414. The minimum atomic E-state index is -3.29. The molecular formula is C58H58NO5PS3. The summed E-state index contributed by atoms with van der Waals surface area (Å²) in [7, 11) is -3.29. The normalized spacial score (nSPS) is 15.7. The average Bonchev–Trinajstić information content (AvgIpc) is 4.23. The first-order chi connectivity index (χ1) is 33.3. The average molecular weight is 976 g/mol. The lowest BCUT2D eigenvalue weighted by Gasteiger charge is -2.26. The van der Waals surface area contributed by atoms with E-state index in [0.717, 1.165) is 122 Å². The van der Waals surface area contributed by atoms with Crippen LogP contribution in [-0.2, 0) is 9.36 Å². The van der Waals surface area contributed by atoms with Gasteiger partial charge in [-0.05, 0) is 152 Å². The van der Waals surface area contributed by atoms with E-state index in [4.69, 9.17) is 9.47 Å². The lowest BCUT2D eigenvalue weighted by molar-refractivity contribution is -0.131. The largest absolute Gasteiger partial charge is 0.494 e. The zero-order chi connectivity index (χ0) is 46.9. The summed E-state index contributed by atoms with van der Waals surface area (Å²) in [4.78, 5) is 20.9. The zero-order valence-electron chi connectivity index (χ0n) is 38.8. The molecule has 0 radical (unpaired) electrons. The number of thiophene rings is 3. The van der Waals surface area contributed by atoms with Crippen LogP contribution in [0.15, 0.2) is 168 Å². The van der Waals surface area contributed by atoms with Gasteiger partial charge in [0.15, 0.2) is 7.14 Å². The van der Waals surface area contributed by atoms with E-state index in [0.29, 0.717) is 5.31 Å². The van der Waals surface area contributed by atoms with E-state index in [2.05, 4.69) is 128 Å². The van der Waals surface area contributed by atoms with Gasteiger partial charge in [-0.3, -0.25) is 0 Å². The smallest absolute Gasteiger partial charge is 0.328 e. The number of fused-ring (bicyclic) bond motifs is 1. The molecule has 3 aromatic heterocycles. The van der Waals surface area contributed by atoms with Crippen LogP contribution in [0.25, 0.3) is 35.3 Å². The minimum Gasteiger partial charge on any atom is -0.494 e. The van der Waals surface area contributed by atoms with Crippen LogP contribution in [0.2, 0.25) is 0 Å². The minimum absolute atomic E-state index is 0.676. The maximum atomic E-state index is 15.5. The van der Waals surface area contributed by atoms with Crippen LogP contribution in [-0.4, -0.2) is 24.3 Å². The molecule has 4 aromatic carbocycles. The number of nitrogens with zero attached hydrogens (tertiary/aromatic N) is 1. The molecule has 1 N–H and O–H groups in total. The Kier molecular flexibility index (Phi) is 15.4. The number of benzene rings is 4. The number of carbonyl (C=O) groups is 1. The molecule has 1 aliphatic heterocycles. The Morgan fingerprint density at radius 2 is 1.04 bits per heavy atom. The Bertz CT molecular complexity index is 2900. The lowest BCUT2D eigenvalue weighted by Crippen LogP contribution is -2.10. The molecule has 1 aliphatic carbocycles. The molecule has 0 spiro atoms. The van der Waals surface area contributed by atoms with E-state index < -0.39 is 13.1 Å². The zero-order valence-corrected chi connectivity index (χ0v) is 42.2. The van der Waals surface area contributed by atoms with Crippen molar-refractivity contribution in [2.24, 2.45) is 0 Å². The Morgan fingerprint density at radius 3 is 1.57 bits per heavy atom. The van der Waals surface area contributed by atoms with Crippen LogP contribution < -0.4 is 19.7 Å². The van der Waals surface area contributed by atoms with E-state index in [1.807, 2.05) is 30.3 Å². The Balaban J connectivity index is 0.933. The molecule has 1 atom stereocenters. The van der Waals surface area contributed by atoms with Gasteiger partial charge in [0.2, 0.25) is 0 Å². The number of hydrogen-bond acceptors (Lipinski definition) is 8. The van der Waals surface area contributed by atoms with Crippen LogP contribution >= 0.6 is 41.2 Å². The summed E-state index contributed by atoms with van der Waals surface area (Å²) >= 11 is 5.24. The molecule has 1 fully saturated rings. The summed E-state index contributed by atoms with van der Waals surface area (Å²) in [5.74, 6) is 0.738. The summed E-state index contributed by atoms with van der Waals surface area (Å²) in [5, 5.41) is 11.9. The lowest BCUT2D eigenvalue weighted by atomic mass is 10.1. The second-order valence-corrected chi connectivity index (χ2v) is 23.3. The molecule has 0 saturated heterocycles. The first-order valence-electron chi connectivity index (χ1n) is 24.1. The fourth-order valence-corrected chi connectivity index (χ4v) is 16.2. The fraction of sp³-hybridized carbons (Fsp3) is 0.259. The highest BCUT2D eigenvalue weighted by atomic mass is 32.1. The summed E-state index contributed by atoms with van der Waals surface area (Å²) in [5.41, 5.74) is 6.53. The molecule has 6 nitrogen and oxygen atoms in total. The number of rotatable bonds is 22. The third-order valence-electron chi connectivity index (χ3n) is 12.6. The van der Waals surface area contributed by atoms with Crippen LogP contribution in [0.3, 0.4) is 0 Å². The van der Waals surface area contributed by atoms with Gasteiger partial charge in [0.1, 0.15) is 11.5 Å². The summed E-state index contributed by atoms with van der Waals surface area (Å²) in [6, 6.07) is 48.4. The third kappa shape index (κ3) is 10.5. The summed E-state index contributed by atoms with van der Waals surface area (Å²) < 4.78 is 27.7. The first kappa shape index (κ1) is 47.4. The van der Waals surface area contributed by atoms with Gasteiger partial charge in [0.25, 0.3) is 0 Å². The van der Waals surface area contributed by atoms with E-state index in [9.17, 15) is 9.90 Å². The van der Waals surface area contributed by atoms with Gasteiger partial charge in [0, 0.05) is 68.3 Å². The highest BCUT2D eigenvalue weighted by Crippen LogP contribution is 2.73. The van der Waals surface area contributed by atoms with Gasteiger partial charge in [-0.2, -0.15) is 0 Å². The van der Waals surface area contributed by atoms with Gasteiger partial charge >= 0.3 is 5.97 Å². The van der Waals surface area contributed by atoms with Crippen LogP contribution in [0, 0.1) is 0 Å². The number of unbranched alkanes of at least 4 members (excludes halogenated alkanes) is 6. The number of anilines is 3. The predicted molar refractivity (Wildman–Crippen MR) is 289 cm³/mol. The molecule has 9 rings (SSSR count). The molecule has 4 heterocycles. The van der Waals surface area contributed by atoms with Crippen molar-refractivity contribution in [3.05, 3.63) is 173 Å². The molecule has 0 bridgehead atoms. The van der Waals surface area contributed by atoms with Crippen LogP contribution in [0.4, 0.5) is 17.1 Å². The van der Waals surface area contributed by atoms with E-state index in [1.54, 1.807) is 40.1 Å². The Hall–Kier alpha value is -5.70. The van der Waals surface area contributed by atoms with Crippen molar-refractivity contribution >= 4 is 74.8 Å². The predicted octanol–water partition coefficient (Wildman–Crippen LogP) is 17.8. The van der Waals surface area contributed by atoms with E-state index in [-0.39, 0.29) is 0 Å². The van der Waals surface area contributed by atoms with Gasteiger partial charge in [0.05, 0.1) is 13.2 Å². The molecule has 2 aliphatic rings. The monoisotopic (exact) mass is 975 g/mol. The van der Waals surface area contributed by atoms with Crippen molar-refractivity contribution in [3.63, 3.8) is 0 Å². The summed E-state index contributed by atoms with van der Waals surface area (Å²) in [6.45, 7) is 5.92. The first-order valence-corrected chi connectivity index (χ1v) is 28.2. The van der Waals surface area contributed by atoms with E-state index in [1.165, 1.54) is 53.2 Å². The topological polar surface area (TPSA) is 76.1 Å². The number of aliphatic carboxylic acids is 1. The number of carboxylic acid groups (broad SMARTS) is 1. The van der Waals surface area contributed by atoms with Crippen molar-refractivity contribution < 1.29 is 23.9 Å². The van der Waals surface area contributed by atoms with Crippen molar-refractivity contribution in [1.82, 2.24) is 0 Å². The number of carboxylic acids is 1. The van der Waals surface area contributed by atoms with Gasteiger partial charge < -0.3 is 24.0 Å². The molecule has 1 saturated carbocycles. The fourth-order valence-electron chi connectivity index (χ4n) is 9.22. The number of allylic oxidation sites excluding steroid dienone is 4. The van der Waals surface area contributed by atoms with Crippen molar-refractivity contribution in [2.45, 2.75) is 84.5 Å². The highest BCUT2D eigenvalue weighted by Gasteiger charge is 2.45. The molecule has 0 amide bonds.